The van der Waals surface area contributed by atoms with Gasteiger partial charge in [0.2, 0.25) is 0 Å². The topological polar surface area (TPSA) is 173 Å². The fourth-order valence-electron chi connectivity index (χ4n) is 3.34. The number of nitrogens with one attached hydrogen (secondary N) is 2. The molecule has 1 aromatic rings. The van der Waals surface area contributed by atoms with Gasteiger partial charge in [0.25, 0.3) is 0 Å². The third-order valence-corrected chi connectivity index (χ3v) is 5.94. The van der Waals surface area contributed by atoms with E-state index in [0.29, 0.717) is 37.2 Å². The standard InChI is InChI=1S/C12H23BN7O5P/c13-26(22)23-3-5-8(25-26)7(21)11(24-5)20-4-17-6-9(15)18-12(16-2-1-14)19-10(6)20/h5,7-8,11,17,21-22,26H,1-4,13-14H2,(H3,15,16,18,19)/t5?,7?,8-,11?/m1/s1. The van der Waals surface area contributed by atoms with Crippen molar-refractivity contribution in [3.63, 3.8) is 0 Å². The monoisotopic (exact) mass is 387 g/mol. The third kappa shape index (κ3) is 3.05. The quantitative estimate of drug-likeness (QED) is 0.231. The first-order valence-corrected chi connectivity index (χ1v) is 10.7. The van der Waals surface area contributed by atoms with Gasteiger partial charge in [-0.3, -0.25) is 0 Å². The van der Waals surface area contributed by atoms with Crippen molar-refractivity contribution in [2.24, 2.45) is 5.73 Å². The van der Waals surface area contributed by atoms with Crippen LogP contribution in [-0.2, 0) is 13.8 Å². The predicted molar refractivity (Wildman–Crippen MR) is 99.5 cm³/mol. The molecule has 3 unspecified atom stereocenters. The van der Waals surface area contributed by atoms with E-state index in [2.05, 4.69) is 20.6 Å². The van der Waals surface area contributed by atoms with Crippen LogP contribution in [0.25, 0.3) is 0 Å². The zero-order valence-electron chi connectivity index (χ0n) is 14.3. The fraction of sp³-hybridized carbons (Fsp3) is 0.667. The Morgan fingerprint density at radius 2 is 2.27 bits per heavy atom. The zero-order chi connectivity index (χ0) is 18.5. The number of anilines is 4. The first-order valence-electron chi connectivity index (χ1n) is 8.39. The Kier molecular flexibility index (Phi) is 4.55. The number of hydrogen-bond acceptors (Lipinski definition) is 12. The molecule has 2 fully saturated rings. The van der Waals surface area contributed by atoms with Gasteiger partial charge in [-0.25, -0.2) is 0 Å². The molecule has 4 heterocycles. The third-order valence-electron chi connectivity index (χ3n) is 4.53. The summed E-state index contributed by atoms with van der Waals surface area (Å²) in [5, 5.41) is 16.8. The number of aliphatic hydroxyl groups excluding tert-OH is 1. The van der Waals surface area contributed by atoms with Crippen molar-refractivity contribution < 1.29 is 23.8 Å². The van der Waals surface area contributed by atoms with Gasteiger partial charge in [-0.05, 0) is 0 Å². The fourth-order valence-corrected chi connectivity index (χ4v) is 4.67. The molecule has 4 atom stereocenters. The zero-order valence-corrected chi connectivity index (χ0v) is 15.3. The van der Waals surface area contributed by atoms with Crippen molar-refractivity contribution in [3.8, 4) is 0 Å². The number of fused-ring (bicyclic) bond motifs is 2. The van der Waals surface area contributed by atoms with Crippen LogP contribution in [0.15, 0.2) is 0 Å². The molecule has 144 valence electrons. The van der Waals surface area contributed by atoms with E-state index < -0.39 is 32.4 Å². The van der Waals surface area contributed by atoms with E-state index >= 15 is 0 Å². The normalized spacial score (nSPS) is 33.3. The Hall–Kier alpha value is -1.47. The van der Waals surface area contributed by atoms with Crippen LogP contribution in [0.1, 0.15) is 0 Å². The van der Waals surface area contributed by atoms with Crippen molar-refractivity contribution in [2.45, 2.75) is 24.5 Å². The molecule has 0 aliphatic carbocycles. The van der Waals surface area contributed by atoms with Gasteiger partial charge in [-0.2, -0.15) is 0 Å². The van der Waals surface area contributed by atoms with Crippen molar-refractivity contribution in [1.29, 1.82) is 0 Å². The molecule has 2 saturated heterocycles. The minimum absolute atomic E-state index is 0.167. The van der Waals surface area contributed by atoms with E-state index in [9.17, 15) is 10.00 Å². The molecular weight excluding hydrogens is 364 g/mol. The second-order valence-electron chi connectivity index (χ2n) is 6.50. The van der Waals surface area contributed by atoms with Gasteiger partial charge in [0.1, 0.15) is 0 Å². The Labute approximate surface area is 151 Å². The Balaban J connectivity index is 1.58. The summed E-state index contributed by atoms with van der Waals surface area (Å²) in [4.78, 5) is 20.5. The SMILES string of the molecule is B[PH]1(O)OCC2OC(N3CNc4c(N)nc(NCCN)nc43)C(O)[C@@H]2O1. The summed E-state index contributed by atoms with van der Waals surface area (Å²) in [5.41, 5.74) is 12.1. The molecule has 0 bridgehead atoms. The average Bonchev–Trinajstić information content (AvgIpc) is 3.14. The molecule has 1 aromatic heterocycles. The summed E-state index contributed by atoms with van der Waals surface area (Å²) in [6.45, 7) is 1.44. The molecular formula is C12H23BN7O5P. The number of hydrogen-bond donors (Lipinski definition) is 6. The van der Waals surface area contributed by atoms with E-state index in [1.807, 2.05) is 0 Å². The molecule has 3 aliphatic rings. The number of nitrogens with zero attached hydrogens (tertiary/aromatic N) is 3. The Morgan fingerprint density at radius 3 is 3.04 bits per heavy atom. The molecule has 0 saturated carbocycles. The van der Waals surface area contributed by atoms with Crippen LogP contribution in [-0.4, -0.2) is 78.4 Å². The summed E-state index contributed by atoms with van der Waals surface area (Å²) in [5.74, 6) is 1.15. The number of ether oxygens (including phenoxy) is 1. The summed E-state index contributed by atoms with van der Waals surface area (Å²) in [7, 11) is -1.72. The van der Waals surface area contributed by atoms with E-state index in [4.69, 9.17) is 25.3 Å². The molecule has 12 nitrogen and oxygen atoms in total. The average molecular weight is 387 g/mol. The van der Waals surface area contributed by atoms with Crippen LogP contribution in [0.4, 0.5) is 23.3 Å². The number of nitrogen functional groups attached to an aromatic ring is 1. The van der Waals surface area contributed by atoms with Gasteiger partial charge in [-0.15, -0.1) is 0 Å². The van der Waals surface area contributed by atoms with Crippen LogP contribution in [0.3, 0.4) is 0 Å². The van der Waals surface area contributed by atoms with Crippen molar-refractivity contribution >= 4 is 38.7 Å². The molecule has 8 N–H and O–H groups in total. The van der Waals surface area contributed by atoms with E-state index in [1.54, 1.807) is 4.90 Å². The van der Waals surface area contributed by atoms with Gasteiger partial charge >= 0.3 is 150 Å². The van der Waals surface area contributed by atoms with Gasteiger partial charge in [0.15, 0.2) is 0 Å². The van der Waals surface area contributed by atoms with Crippen molar-refractivity contribution in [3.05, 3.63) is 0 Å². The molecule has 0 spiro atoms. The van der Waals surface area contributed by atoms with Gasteiger partial charge in [0.05, 0.1) is 0 Å². The number of aromatic nitrogens is 2. The number of rotatable bonds is 4. The number of aliphatic hydroxyl groups is 1. The summed E-state index contributed by atoms with van der Waals surface area (Å²) in [6, 6.07) is 0. The maximum absolute atomic E-state index is 10.7. The molecule has 14 heteroatoms. The van der Waals surface area contributed by atoms with E-state index in [1.165, 1.54) is 7.57 Å². The van der Waals surface area contributed by atoms with Gasteiger partial charge in [-0.1, -0.05) is 0 Å². The van der Waals surface area contributed by atoms with Crippen molar-refractivity contribution in [2.75, 3.05) is 47.6 Å². The molecule has 26 heavy (non-hydrogen) atoms. The summed E-state index contributed by atoms with van der Waals surface area (Å²) >= 11 is 0. The summed E-state index contributed by atoms with van der Waals surface area (Å²) < 4.78 is 16.8. The first kappa shape index (κ1) is 17.9. The molecule has 0 radical (unpaired) electrons. The minimum atomic E-state index is -3.23. The maximum atomic E-state index is 10.7. The summed E-state index contributed by atoms with van der Waals surface area (Å²) in [6.07, 6.45) is -2.83. The Morgan fingerprint density at radius 1 is 1.46 bits per heavy atom. The molecule has 0 aromatic carbocycles. The second-order valence-corrected chi connectivity index (χ2v) is 8.82. The van der Waals surface area contributed by atoms with Crippen molar-refractivity contribution in [1.82, 2.24) is 9.97 Å². The number of nitrogens with two attached hydrogens (primary N) is 2. The molecule has 0 amide bonds. The van der Waals surface area contributed by atoms with Crippen LogP contribution >= 0.6 is 7.82 Å². The Bertz CT molecular complexity index is 700. The van der Waals surface area contributed by atoms with Crippen LogP contribution in [0, 0.1) is 0 Å². The predicted octanol–water partition coefficient (Wildman–Crippen LogP) is -2.84. The van der Waals surface area contributed by atoms with Crippen LogP contribution < -0.4 is 27.0 Å². The van der Waals surface area contributed by atoms with Crippen LogP contribution in [0.5, 0.6) is 0 Å². The van der Waals surface area contributed by atoms with Gasteiger partial charge < -0.3 is 0 Å². The second kappa shape index (κ2) is 6.61. The van der Waals surface area contributed by atoms with Crippen LogP contribution in [0.2, 0.25) is 0 Å². The van der Waals surface area contributed by atoms with E-state index in [-0.39, 0.29) is 12.4 Å². The van der Waals surface area contributed by atoms with E-state index in [0.717, 1.165) is 0 Å². The van der Waals surface area contributed by atoms with Gasteiger partial charge in [0, 0.05) is 0 Å². The molecule has 4 rings (SSSR count). The first-order chi connectivity index (χ1) is 12.4. The molecule has 3 aliphatic heterocycles.